The fraction of sp³-hybridized carbons (Fsp3) is 0.600. The summed E-state index contributed by atoms with van der Waals surface area (Å²) in [4.78, 5) is 2.29. The van der Waals surface area contributed by atoms with Gasteiger partial charge in [0.15, 0.2) is 0 Å². The van der Waals surface area contributed by atoms with Gasteiger partial charge in [-0.2, -0.15) is 0 Å². The van der Waals surface area contributed by atoms with Crippen LogP contribution in [-0.2, 0) is 5.41 Å². The Morgan fingerprint density at radius 3 is 2.24 bits per heavy atom. The molecule has 0 radical (unpaired) electrons. The van der Waals surface area contributed by atoms with E-state index < -0.39 is 0 Å². The molecule has 0 unspecified atom stereocenters. The second-order valence-corrected chi connectivity index (χ2v) is 5.66. The maximum Gasteiger partial charge on any atom is 0.0314 e. The van der Waals surface area contributed by atoms with Gasteiger partial charge in [0.1, 0.15) is 0 Å². The molecule has 1 aromatic carbocycles. The molecule has 17 heavy (non-hydrogen) atoms. The normalized spacial score (nSPS) is 18.8. The summed E-state index contributed by atoms with van der Waals surface area (Å²) in [6.07, 6.45) is 6.69. The Morgan fingerprint density at radius 1 is 1.12 bits per heavy atom. The molecule has 1 aliphatic rings. The fourth-order valence-electron chi connectivity index (χ4n) is 3.01. The number of nitrogens with two attached hydrogens (primary N) is 1. The summed E-state index contributed by atoms with van der Waals surface area (Å²) in [7, 11) is 4.32. The molecule has 94 valence electrons. The average molecular weight is 232 g/mol. The molecule has 2 rings (SSSR count). The predicted molar refractivity (Wildman–Crippen MR) is 74.2 cm³/mol. The second-order valence-electron chi connectivity index (χ2n) is 5.66. The lowest BCUT2D eigenvalue weighted by atomic mass is 9.76. The zero-order chi connectivity index (χ0) is 12.3. The molecule has 0 aliphatic heterocycles. The molecule has 1 aromatic rings. The Morgan fingerprint density at radius 2 is 1.71 bits per heavy atom. The number of nitrogen functional groups attached to an aromatic ring is 1. The van der Waals surface area contributed by atoms with Crippen LogP contribution < -0.4 is 5.73 Å². The zero-order valence-electron chi connectivity index (χ0n) is 11.1. The third kappa shape index (κ3) is 2.81. The Labute approximate surface area is 105 Å². The van der Waals surface area contributed by atoms with Gasteiger partial charge in [-0.3, -0.25) is 0 Å². The lowest BCUT2D eigenvalue weighted by Gasteiger charge is -2.31. The van der Waals surface area contributed by atoms with Crippen LogP contribution in [0.3, 0.4) is 0 Å². The van der Waals surface area contributed by atoms with Crippen LogP contribution in [-0.4, -0.2) is 25.5 Å². The van der Waals surface area contributed by atoms with Gasteiger partial charge in [0.05, 0.1) is 0 Å². The minimum absolute atomic E-state index is 0.415. The molecule has 0 atom stereocenters. The van der Waals surface area contributed by atoms with Gasteiger partial charge >= 0.3 is 0 Å². The van der Waals surface area contributed by atoms with Gasteiger partial charge in [-0.05, 0) is 63.0 Å². The Kier molecular flexibility index (Phi) is 3.72. The van der Waals surface area contributed by atoms with E-state index in [1.54, 1.807) is 0 Å². The SMILES string of the molecule is CN(C)CCC1(c2ccc(N)cc2)CCCC1. The lowest BCUT2D eigenvalue weighted by Crippen LogP contribution is -2.28. The van der Waals surface area contributed by atoms with Crippen molar-refractivity contribution >= 4 is 5.69 Å². The van der Waals surface area contributed by atoms with Crippen LogP contribution in [0.5, 0.6) is 0 Å². The van der Waals surface area contributed by atoms with Crippen LogP contribution in [0.25, 0.3) is 0 Å². The molecule has 0 aromatic heterocycles. The molecular weight excluding hydrogens is 208 g/mol. The standard InChI is InChI=1S/C15H24N2/c1-17(2)12-11-15(9-3-4-10-15)13-5-7-14(16)8-6-13/h5-8H,3-4,9-12,16H2,1-2H3. The van der Waals surface area contributed by atoms with Crippen molar-refractivity contribution in [1.29, 1.82) is 0 Å². The molecule has 1 saturated carbocycles. The summed E-state index contributed by atoms with van der Waals surface area (Å²) in [6.45, 7) is 1.17. The fourth-order valence-corrected chi connectivity index (χ4v) is 3.01. The lowest BCUT2D eigenvalue weighted by molar-refractivity contribution is 0.315. The summed E-state index contributed by atoms with van der Waals surface area (Å²) >= 11 is 0. The van der Waals surface area contributed by atoms with Crippen molar-refractivity contribution in [2.75, 3.05) is 26.4 Å². The van der Waals surface area contributed by atoms with Crippen molar-refractivity contribution in [2.24, 2.45) is 0 Å². The molecule has 1 fully saturated rings. The van der Waals surface area contributed by atoms with E-state index in [2.05, 4.69) is 31.1 Å². The van der Waals surface area contributed by atoms with Crippen LogP contribution >= 0.6 is 0 Å². The maximum absolute atomic E-state index is 5.78. The van der Waals surface area contributed by atoms with E-state index in [1.807, 2.05) is 12.1 Å². The number of nitrogens with zero attached hydrogens (tertiary/aromatic N) is 1. The number of benzene rings is 1. The van der Waals surface area contributed by atoms with Crippen LogP contribution in [0.15, 0.2) is 24.3 Å². The number of hydrogen-bond donors (Lipinski definition) is 1. The van der Waals surface area contributed by atoms with Gasteiger partial charge < -0.3 is 10.6 Å². The molecular formula is C15H24N2. The largest absolute Gasteiger partial charge is 0.399 e. The summed E-state index contributed by atoms with van der Waals surface area (Å²) in [5.74, 6) is 0. The molecule has 0 spiro atoms. The maximum atomic E-state index is 5.78. The Balaban J connectivity index is 2.18. The average Bonchev–Trinajstić information content (AvgIpc) is 2.77. The Hall–Kier alpha value is -1.02. The highest BCUT2D eigenvalue weighted by atomic mass is 15.0. The molecule has 0 bridgehead atoms. The highest BCUT2D eigenvalue weighted by Gasteiger charge is 2.34. The van der Waals surface area contributed by atoms with E-state index in [1.165, 1.54) is 44.2 Å². The van der Waals surface area contributed by atoms with E-state index in [4.69, 9.17) is 5.73 Å². The summed E-state index contributed by atoms with van der Waals surface area (Å²) in [5.41, 5.74) is 8.56. The summed E-state index contributed by atoms with van der Waals surface area (Å²) < 4.78 is 0. The quantitative estimate of drug-likeness (QED) is 0.809. The highest BCUT2D eigenvalue weighted by molar-refractivity contribution is 5.41. The van der Waals surface area contributed by atoms with Crippen LogP contribution in [0.4, 0.5) is 5.69 Å². The van der Waals surface area contributed by atoms with Crippen molar-refractivity contribution < 1.29 is 0 Å². The minimum atomic E-state index is 0.415. The van der Waals surface area contributed by atoms with Gasteiger partial charge in [-0.1, -0.05) is 25.0 Å². The van der Waals surface area contributed by atoms with Crippen molar-refractivity contribution in [3.05, 3.63) is 29.8 Å². The monoisotopic (exact) mass is 232 g/mol. The zero-order valence-corrected chi connectivity index (χ0v) is 11.1. The van der Waals surface area contributed by atoms with Crippen molar-refractivity contribution in [3.63, 3.8) is 0 Å². The Bertz CT molecular complexity index is 348. The van der Waals surface area contributed by atoms with Crippen LogP contribution in [0, 0.1) is 0 Å². The van der Waals surface area contributed by atoms with Crippen LogP contribution in [0.2, 0.25) is 0 Å². The summed E-state index contributed by atoms with van der Waals surface area (Å²) in [6, 6.07) is 8.56. The van der Waals surface area contributed by atoms with E-state index in [0.717, 1.165) is 5.69 Å². The smallest absolute Gasteiger partial charge is 0.0314 e. The number of anilines is 1. The first-order chi connectivity index (χ1) is 8.12. The molecule has 2 N–H and O–H groups in total. The van der Waals surface area contributed by atoms with Crippen molar-refractivity contribution in [3.8, 4) is 0 Å². The third-order valence-electron chi connectivity index (χ3n) is 4.12. The van der Waals surface area contributed by atoms with Gasteiger partial charge in [-0.25, -0.2) is 0 Å². The van der Waals surface area contributed by atoms with Crippen LogP contribution in [0.1, 0.15) is 37.7 Å². The molecule has 0 saturated heterocycles. The first-order valence-electron chi connectivity index (χ1n) is 6.63. The van der Waals surface area contributed by atoms with Gasteiger partial charge in [0, 0.05) is 5.69 Å². The first kappa shape index (κ1) is 12.4. The molecule has 2 heteroatoms. The topological polar surface area (TPSA) is 29.3 Å². The molecule has 0 heterocycles. The van der Waals surface area contributed by atoms with Gasteiger partial charge in [0.25, 0.3) is 0 Å². The molecule has 2 nitrogen and oxygen atoms in total. The summed E-state index contributed by atoms with van der Waals surface area (Å²) in [5, 5.41) is 0. The predicted octanol–water partition coefficient (Wildman–Crippen LogP) is 3.03. The van der Waals surface area contributed by atoms with E-state index >= 15 is 0 Å². The minimum Gasteiger partial charge on any atom is -0.399 e. The first-order valence-corrected chi connectivity index (χ1v) is 6.63. The molecule has 0 amide bonds. The number of rotatable bonds is 4. The van der Waals surface area contributed by atoms with E-state index in [0.29, 0.717) is 5.41 Å². The van der Waals surface area contributed by atoms with Gasteiger partial charge in [-0.15, -0.1) is 0 Å². The van der Waals surface area contributed by atoms with Crippen molar-refractivity contribution in [2.45, 2.75) is 37.5 Å². The number of hydrogen-bond acceptors (Lipinski definition) is 2. The van der Waals surface area contributed by atoms with E-state index in [-0.39, 0.29) is 0 Å². The highest BCUT2D eigenvalue weighted by Crippen LogP contribution is 2.43. The van der Waals surface area contributed by atoms with Gasteiger partial charge in [0.2, 0.25) is 0 Å². The molecule has 1 aliphatic carbocycles. The second kappa shape index (κ2) is 5.09. The van der Waals surface area contributed by atoms with Crippen molar-refractivity contribution in [1.82, 2.24) is 4.90 Å². The van der Waals surface area contributed by atoms with E-state index in [9.17, 15) is 0 Å². The third-order valence-corrected chi connectivity index (χ3v) is 4.12.